The van der Waals surface area contributed by atoms with Crippen molar-refractivity contribution in [3.63, 3.8) is 0 Å². The fraction of sp³-hybridized carbons (Fsp3) is 0.833. The fourth-order valence-electron chi connectivity index (χ4n) is 1.33. The number of hydrogen-bond acceptors (Lipinski definition) is 4. The van der Waals surface area contributed by atoms with E-state index in [0.717, 1.165) is 0 Å². The van der Waals surface area contributed by atoms with Gasteiger partial charge in [0.05, 0.1) is 6.42 Å². The van der Waals surface area contributed by atoms with Crippen molar-refractivity contribution in [1.82, 2.24) is 0 Å². The molecule has 0 saturated heterocycles. The van der Waals surface area contributed by atoms with Gasteiger partial charge in [-0.25, -0.2) is 0 Å². The maximum Gasteiger partial charge on any atom is 0.325 e. The van der Waals surface area contributed by atoms with Gasteiger partial charge in [-0.2, -0.15) is 8.42 Å². The zero-order valence-electron chi connectivity index (χ0n) is 11.9. The van der Waals surface area contributed by atoms with Crippen LogP contribution in [-0.4, -0.2) is 40.4 Å². The Morgan fingerprint density at radius 3 is 1.50 bits per heavy atom. The van der Waals surface area contributed by atoms with E-state index in [0.29, 0.717) is 0 Å². The number of carboxylic acid groups (broad SMARTS) is 2. The number of hydrogen-bond donors (Lipinski definition) is 3. The molecule has 0 aliphatic heterocycles. The first-order valence-corrected chi connectivity index (χ1v) is 8.07. The molecule has 8 heteroatoms. The molecular weight excluding hydrogens is 288 g/mol. The molecule has 1 unspecified atom stereocenters. The summed E-state index contributed by atoms with van der Waals surface area (Å²) in [4.78, 5) is 20.0. The van der Waals surface area contributed by atoms with E-state index < -0.39 is 33.7 Å². The maximum absolute atomic E-state index is 10.2. The van der Waals surface area contributed by atoms with E-state index in [1.54, 1.807) is 0 Å². The van der Waals surface area contributed by atoms with Crippen molar-refractivity contribution >= 4 is 22.1 Å². The first-order valence-electron chi connectivity index (χ1n) is 6.57. The normalized spacial score (nSPS) is 12.2. The highest BCUT2D eigenvalue weighted by molar-refractivity contribution is 7.87. The summed E-state index contributed by atoms with van der Waals surface area (Å²) in [6, 6.07) is 0. The van der Waals surface area contributed by atoms with Crippen molar-refractivity contribution in [2.24, 2.45) is 0 Å². The molecule has 1 atom stereocenters. The Morgan fingerprint density at radius 2 is 1.35 bits per heavy atom. The van der Waals surface area contributed by atoms with Gasteiger partial charge in [-0.1, -0.05) is 52.4 Å². The Balaban J connectivity index is 0. The topological polar surface area (TPSA) is 129 Å². The van der Waals surface area contributed by atoms with Crippen molar-refractivity contribution in [3.05, 3.63) is 0 Å². The molecule has 0 rings (SSSR count). The van der Waals surface area contributed by atoms with E-state index in [9.17, 15) is 18.0 Å². The van der Waals surface area contributed by atoms with Crippen LogP contribution in [0.25, 0.3) is 0 Å². The van der Waals surface area contributed by atoms with Crippen LogP contribution in [0.4, 0.5) is 0 Å². The summed E-state index contributed by atoms with van der Waals surface area (Å²) in [7, 11) is -4.84. The number of rotatable bonds is 9. The molecule has 0 aromatic rings. The van der Waals surface area contributed by atoms with Gasteiger partial charge >= 0.3 is 11.9 Å². The Kier molecular flexibility index (Phi) is 12.3. The van der Waals surface area contributed by atoms with Crippen LogP contribution in [0.2, 0.25) is 0 Å². The molecule has 7 nitrogen and oxygen atoms in total. The van der Waals surface area contributed by atoms with Crippen molar-refractivity contribution in [2.45, 2.75) is 64.0 Å². The Bertz CT molecular complexity index is 369. The molecule has 3 N–H and O–H groups in total. The summed E-state index contributed by atoms with van der Waals surface area (Å²) in [6.45, 7) is 4.51. The van der Waals surface area contributed by atoms with Crippen molar-refractivity contribution in [2.75, 3.05) is 0 Å². The molecule has 0 fully saturated rings. The zero-order valence-corrected chi connectivity index (χ0v) is 12.7. The maximum atomic E-state index is 10.2. The van der Waals surface area contributed by atoms with Crippen LogP contribution in [0, 0.1) is 0 Å². The number of unbranched alkanes of at least 4 members (excludes halogenated alkanes) is 5. The molecule has 20 heavy (non-hydrogen) atoms. The highest BCUT2D eigenvalue weighted by Crippen LogP contribution is 2.04. The molecule has 0 bridgehead atoms. The van der Waals surface area contributed by atoms with Crippen LogP contribution in [0.3, 0.4) is 0 Å². The van der Waals surface area contributed by atoms with E-state index in [2.05, 4.69) is 13.8 Å². The molecule has 0 aromatic carbocycles. The second-order valence-electron chi connectivity index (χ2n) is 4.35. The molecule has 0 aliphatic rings. The third-order valence-electron chi connectivity index (χ3n) is 2.45. The van der Waals surface area contributed by atoms with Crippen molar-refractivity contribution < 1.29 is 32.8 Å². The van der Waals surface area contributed by atoms with Crippen LogP contribution < -0.4 is 0 Å². The molecule has 120 valence electrons. The van der Waals surface area contributed by atoms with E-state index >= 15 is 0 Å². The van der Waals surface area contributed by atoms with Crippen molar-refractivity contribution in [1.29, 1.82) is 0 Å². The molecule has 0 aromatic heterocycles. The lowest BCUT2D eigenvalue weighted by Gasteiger charge is -2.04. The largest absolute Gasteiger partial charge is 0.481 e. The van der Waals surface area contributed by atoms with Gasteiger partial charge in [-0.3, -0.25) is 14.1 Å². The summed E-state index contributed by atoms with van der Waals surface area (Å²) in [5.74, 6) is -3.50. The molecule has 0 amide bonds. The number of carboxylic acids is 2. The first kappa shape index (κ1) is 21.2. The predicted octanol–water partition coefficient (Wildman–Crippen LogP) is 2.17. The fourth-order valence-corrected chi connectivity index (χ4v) is 1.94. The van der Waals surface area contributed by atoms with Crippen LogP contribution >= 0.6 is 0 Å². The van der Waals surface area contributed by atoms with E-state index in [1.165, 1.54) is 38.5 Å². The van der Waals surface area contributed by atoms with Gasteiger partial charge in [0, 0.05) is 0 Å². The first-order chi connectivity index (χ1) is 9.16. The van der Waals surface area contributed by atoms with Crippen LogP contribution in [0.5, 0.6) is 0 Å². The van der Waals surface area contributed by atoms with Gasteiger partial charge in [-0.05, 0) is 0 Å². The second-order valence-corrected chi connectivity index (χ2v) is 5.95. The predicted molar refractivity (Wildman–Crippen MR) is 74.3 cm³/mol. The van der Waals surface area contributed by atoms with Gasteiger partial charge in [0.25, 0.3) is 10.1 Å². The summed E-state index contributed by atoms with van der Waals surface area (Å²) >= 11 is 0. The van der Waals surface area contributed by atoms with Crippen LogP contribution in [-0.2, 0) is 19.7 Å². The van der Waals surface area contributed by atoms with Crippen molar-refractivity contribution in [3.8, 4) is 0 Å². The van der Waals surface area contributed by atoms with E-state index in [1.807, 2.05) is 0 Å². The smallest absolute Gasteiger partial charge is 0.325 e. The van der Waals surface area contributed by atoms with Gasteiger partial charge in [0.15, 0.2) is 5.25 Å². The lowest BCUT2D eigenvalue weighted by molar-refractivity contribution is -0.143. The van der Waals surface area contributed by atoms with Gasteiger partial charge in [-0.15, -0.1) is 0 Å². The Morgan fingerprint density at radius 1 is 0.950 bits per heavy atom. The molecule has 0 heterocycles. The summed E-state index contributed by atoms with van der Waals surface area (Å²) < 4.78 is 28.7. The lowest BCUT2D eigenvalue weighted by Crippen LogP contribution is -2.31. The van der Waals surface area contributed by atoms with E-state index in [-0.39, 0.29) is 0 Å². The van der Waals surface area contributed by atoms with Gasteiger partial charge in [0.2, 0.25) is 0 Å². The SMILES string of the molecule is CCCCCCCC.O=C(O)CC(C(=O)O)S(=O)(=O)O. The zero-order chi connectivity index (χ0) is 16.2. The minimum Gasteiger partial charge on any atom is -0.481 e. The Labute approximate surface area is 119 Å². The Hall–Kier alpha value is -1.15. The molecule has 0 saturated carbocycles. The highest BCUT2D eigenvalue weighted by atomic mass is 32.2. The molecule has 0 aliphatic carbocycles. The summed E-state index contributed by atoms with van der Waals surface area (Å²) in [6.07, 6.45) is 7.33. The van der Waals surface area contributed by atoms with Crippen LogP contribution in [0.15, 0.2) is 0 Å². The quantitative estimate of drug-likeness (QED) is 0.439. The minimum atomic E-state index is -4.84. The summed E-state index contributed by atoms with van der Waals surface area (Å²) in [5.41, 5.74) is 0. The van der Waals surface area contributed by atoms with Crippen LogP contribution in [0.1, 0.15) is 58.8 Å². The third-order valence-corrected chi connectivity index (χ3v) is 3.54. The lowest BCUT2D eigenvalue weighted by atomic mass is 10.1. The average molecular weight is 312 g/mol. The highest BCUT2D eigenvalue weighted by Gasteiger charge is 2.33. The van der Waals surface area contributed by atoms with Gasteiger partial charge < -0.3 is 10.2 Å². The second kappa shape index (κ2) is 11.7. The number of carbonyl (C=O) groups is 2. The monoisotopic (exact) mass is 312 g/mol. The average Bonchev–Trinajstić information content (AvgIpc) is 2.31. The standard InChI is InChI=1S/C8H18.C4H6O7S/c1-3-5-7-8-6-4-2;5-3(6)1-2(4(7)8)12(9,10)11/h3-8H2,1-2H3;2H,1H2,(H,5,6)(H,7,8)(H,9,10,11). The molecule has 0 spiro atoms. The van der Waals surface area contributed by atoms with E-state index in [4.69, 9.17) is 14.8 Å². The number of aliphatic carboxylic acids is 2. The molecular formula is C12H24O7S. The summed E-state index contributed by atoms with van der Waals surface area (Å²) in [5, 5.41) is 13.9. The minimum absolute atomic E-state index is 1.16. The van der Waals surface area contributed by atoms with Gasteiger partial charge in [0.1, 0.15) is 0 Å². The third kappa shape index (κ3) is 13.3. The molecule has 0 radical (unpaired) electrons.